The smallest absolute Gasteiger partial charge is 0.545 e. The van der Waals surface area contributed by atoms with E-state index >= 15 is 8.78 Å². The van der Waals surface area contributed by atoms with Gasteiger partial charge in [0.25, 0.3) is 0 Å². The number of amides is 2. The molecular weight excluding hydrogens is 640 g/mol. The Morgan fingerprint density at radius 2 is 1.84 bits per heavy atom. The third-order valence-corrected chi connectivity index (χ3v) is 9.41. The van der Waals surface area contributed by atoms with Crippen LogP contribution in [0.3, 0.4) is 0 Å². The summed E-state index contributed by atoms with van der Waals surface area (Å²) in [6, 6.07) is -0.0423. The Bertz CT molecular complexity index is 1700. The predicted octanol–water partition coefficient (Wildman–Crippen LogP) is -6.84. The number of rotatable bonds is 8. The molecule has 0 spiro atoms. The third kappa shape index (κ3) is 6.27. The largest absolute Gasteiger partial charge is 1.00 e. The number of aliphatic carboxylic acids is 1. The fraction of sp³-hybridized carbons (Fsp3) is 0.444. The number of halogens is 2. The first-order chi connectivity index (χ1) is 20.4. The Balaban J connectivity index is 0.00000230. The van der Waals surface area contributed by atoms with Crippen LogP contribution in [0, 0.1) is 17.6 Å². The van der Waals surface area contributed by atoms with Crippen LogP contribution >= 0.6 is 11.8 Å². The van der Waals surface area contributed by atoms with Crippen molar-refractivity contribution in [2.75, 3.05) is 24.6 Å². The summed E-state index contributed by atoms with van der Waals surface area (Å²) >= 11 is 0.981. The zero-order valence-corrected chi connectivity index (χ0v) is 29.3. The number of thioether (sulfide) groups is 1. The molecule has 3 fully saturated rings. The number of hydrogen-bond donors (Lipinski definition) is 2. The van der Waals surface area contributed by atoms with Crippen LogP contribution in [-0.2, 0) is 14.3 Å². The number of pyridine rings is 1. The van der Waals surface area contributed by atoms with Crippen molar-refractivity contribution in [3.05, 3.63) is 50.3 Å². The van der Waals surface area contributed by atoms with Gasteiger partial charge >= 0.3 is 65.2 Å². The molecule has 228 valence electrons. The number of aromatic nitrogens is 1. The van der Waals surface area contributed by atoms with E-state index in [-0.39, 0.29) is 95.1 Å². The average molecular weight is 665 g/mol. The molecular formula is C27H24F2N4Na2O9S. The zero-order chi connectivity index (χ0) is 30.9. The van der Waals surface area contributed by atoms with Crippen molar-refractivity contribution >= 4 is 52.3 Å². The first-order valence-corrected chi connectivity index (χ1v) is 14.4. The Hall–Kier alpha value is -2.18. The van der Waals surface area contributed by atoms with E-state index in [2.05, 4.69) is 5.32 Å². The minimum atomic E-state index is -1.74. The van der Waals surface area contributed by atoms with Crippen LogP contribution < -0.4 is 85.0 Å². The number of anilines is 1. The molecule has 2 saturated heterocycles. The first-order valence-electron chi connectivity index (χ1n) is 13.5. The zero-order valence-electron chi connectivity index (χ0n) is 24.5. The maximum atomic E-state index is 15.9. The van der Waals surface area contributed by atoms with E-state index in [9.17, 15) is 39.3 Å². The molecule has 0 bridgehead atoms. The summed E-state index contributed by atoms with van der Waals surface area (Å²) in [7, 11) is 0. The van der Waals surface area contributed by atoms with Crippen molar-refractivity contribution in [2.45, 2.75) is 49.7 Å². The van der Waals surface area contributed by atoms with Gasteiger partial charge in [-0.05, 0) is 32.3 Å². The van der Waals surface area contributed by atoms with Gasteiger partial charge < -0.3 is 44.4 Å². The normalized spacial score (nSPS) is 22.8. The van der Waals surface area contributed by atoms with Crippen LogP contribution in [0.5, 0.6) is 0 Å². The Morgan fingerprint density at radius 1 is 1.16 bits per heavy atom. The van der Waals surface area contributed by atoms with Gasteiger partial charge in [-0.3, -0.25) is 14.5 Å². The monoisotopic (exact) mass is 664 g/mol. The number of aromatic carboxylic acids is 1. The molecule has 45 heavy (non-hydrogen) atoms. The van der Waals surface area contributed by atoms with Crippen LogP contribution in [0.4, 0.5) is 19.3 Å². The molecule has 18 heteroatoms. The SMILES string of the molecule is C[C@@H](O)[C@H]1C(=O)N2C(C(=O)[O-])=C(COC(=O)N[C@H]3CCN(c4c(F)cc5c(=O)c(C(=O)[O-])cn(C6CC6)c5c4F)C3)S[C@H]12.[Na+].[Na+]. The van der Waals surface area contributed by atoms with Crippen molar-refractivity contribution < 1.29 is 107 Å². The van der Waals surface area contributed by atoms with E-state index in [1.807, 2.05) is 0 Å². The predicted molar refractivity (Wildman–Crippen MR) is 141 cm³/mol. The number of carboxylic acids is 2. The van der Waals surface area contributed by atoms with Crippen molar-refractivity contribution in [1.29, 1.82) is 0 Å². The summed E-state index contributed by atoms with van der Waals surface area (Å²) in [5, 5.41) is 34.5. The number of nitrogens with one attached hydrogen (secondary N) is 1. The molecule has 6 rings (SSSR count). The van der Waals surface area contributed by atoms with E-state index in [1.165, 1.54) is 16.4 Å². The van der Waals surface area contributed by atoms with Crippen molar-refractivity contribution in [2.24, 2.45) is 5.92 Å². The second kappa shape index (κ2) is 13.5. The van der Waals surface area contributed by atoms with Gasteiger partial charge in [0.2, 0.25) is 5.91 Å². The number of carboxylic acid groups (broad SMARTS) is 2. The van der Waals surface area contributed by atoms with Crippen LogP contribution in [0.15, 0.2) is 27.7 Å². The molecule has 13 nitrogen and oxygen atoms in total. The fourth-order valence-corrected chi connectivity index (χ4v) is 7.39. The number of alkyl carbamates (subject to hydrolysis) is 1. The van der Waals surface area contributed by atoms with Crippen molar-refractivity contribution in [3.63, 3.8) is 0 Å². The summed E-state index contributed by atoms with van der Waals surface area (Å²) in [4.78, 5) is 63.1. The maximum absolute atomic E-state index is 15.9. The number of aliphatic hydroxyl groups is 1. The fourth-order valence-electron chi connectivity index (χ4n) is 5.87. The van der Waals surface area contributed by atoms with Gasteiger partial charge in [0.05, 0.1) is 57.1 Å². The number of hydrogen-bond acceptors (Lipinski definition) is 11. The number of carbonyl (C=O) groups is 4. The molecule has 0 unspecified atom stereocenters. The Labute approximate surface area is 302 Å². The third-order valence-electron chi connectivity index (χ3n) is 8.07. The Kier molecular flexibility index (Phi) is 10.7. The number of nitrogens with zero attached hydrogens (tertiary/aromatic N) is 3. The van der Waals surface area contributed by atoms with Gasteiger partial charge in [-0.15, -0.1) is 0 Å². The van der Waals surface area contributed by atoms with Gasteiger partial charge in [0, 0.05) is 25.3 Å². The Morgan fingerprint density at radius 3 is 2.44 bits per heavy atom. The summed E-state index contributed by atoms with van der Waals surface area (Å²) < 4.78 is 37.6. The molecule has 2 aromatic rings. The molecule has 3 aliphatic heterocycles. The summed E-state index contributed by atoms with van der Waals surface area (Å²) in [5.74, 6) is -6.84. The molecule has 4 aliphatic rings. The van der Waals surface area contributed by atoms with Gasteiger partial charge in [0.15, 0.2) is 11.2 Å². The van der Waals surface area contributed by atoms with E-state index in [0.29, 0.717) is 12.8 Å². The number of benzene rings is 1. The number of β-lactam (4-membered cyclic amide) rings is 1. The number of ether oxygens (including phenoxy) is 1. The quantitative estimate of drug-likeness (QED) is 0.202. The van der Waals surface area contributed by atoms with Crippen LogP contribution in [0.1, 0.15) is 42.6 Å². The maximum Gasteiger partial charge on any atom is 1.00 e. The molecule has 2 amide bonds. The van der Waals surface area contributed by atoms with Gasteiger partial charge in [-0.2, -0.15) is 0 Å². The number of aliphatic hydroxyl groups excluding tert-OH is 1. The number of fused-ring (bicyclic) bond motifs is 2. The topological polar surface area (TPSA) is 184 Å². The minimum absolute atomic E-state index is 0. The second-order valence-electron chi connectivity index (χ2n) is 10.9. The molecule has 0 radical (unpaired) electrons. The number of carbonyl (C=O) groups excluding carboxylic acids is 4. The van der Waals surface area contributed by atoms with Gasteiger partial charge in [-0.25, -0.2) is 13.6 Å². The van der Waals surface area contributed by atoms with Crippen LogP contribution in [-0.4, -0.2) is 75.7 Å². The summed E-state index contributed by atoms with van der Waals surface area (Å²) in [6.07, 6.45) is 0.625. The van der Waals surface area contributed by atoms with Gasteiger partial charge in [0.1, 0.15) is 23.5 Å². The molecule has 1 saturated carbocycles. The average Bonchev–Trinajstić information content (AvgIpc) is 3.59. The van der Waals surface area contributed by atoms with E-state index in [1.54, 1.807) is 0 Å². The molecule has 1 aromatic heterocycles. The summed E-state index contributed by atoms with van der Waals surface area (Å²) in [5.41, 5.74) is -2.79. The van der Waals surface area contributed by atoms with E-state index in [0.717, 1.165) is 28.9 Å². The van der Waals surface area contributed by atoms with Gasteiger partial charge in [-0.1, -0.05) is 11.8 Å². The minimum Gasteiger partial charge on any atom is -0.545 e. The van der Waals surface area contributed by atoms with Crippen LogP contribution in [0.25, 0.3) is 10.9 Å². The van der Waals surface area contributed by atoms with E-state index < -0.39 is 93.4 Å². The standard InChI is InChI=1S/C27H26F2N4O9S.2Na/c1-10(34)17-23(36)33-21(26(39)40)16(43-24(17)33)9-42-27(41)30-11-4-5-31(7-11)20-15(28)6-13-19(18(20)29)32(12-2-3-12)8-14(22(13)35)25(37)38;;/h6,8,10-12,17,24,34H,2-5,7,9H2,1H3,(H,30,41)(H,37,38)(H,39,40);;/q;2*+1/p-2/t10-,11+,17+,24-;;/m1../s1. The van der Waals surface area contributed by atoms with Crippen LogP contribution in [0.2, 0.25) is 0 Å². The summed E-state index contributed by atoms with van der Waals surface area (Å²) in [6.45, 7) is 1.04. The molecule has 1 aromatic carbocycles. The molecule has 1 aliphatic carbocycles. The van der Waals surface area contributed by atoms with Crippen molar-refractivity contribution in [1.82, 2.24) is 14.8 Å². The first kappa shape index (κ1) is 35.7. The molecule has 4 heterocycles. The molecule has 4 atom stereocenters. The molecule has 2 N–H and O–H groups in total. The van der Waals surface area contributed by atoms with E-state index in [4.69, 9.17) is 4.74 Å². The second-order valence-corrected chi connectivity index (χ2v) is 12.1. The van der Waals surface area contributed by atoms with Crippen molar-refractivity contribution in [3.8, 4) is 0 Å².